The fourth-order valence-electron chi connectivity index (χ4n) is 2.26. The minimum atomic E-state index is 0.343. The average molecular weight is 279 g/mol. The second-order valence-corrected chi connectivity index (χ2v) is 4.78. The van der Waals surface area contributed by atoms with E-state index < -0.39 is 0 Å². The molecule has 0 radical (unpaired) electrons. The number of nitrogens with zero attached hydrogens (tertiary/aromatic N) is 4. The average Bonchev–Trinajstić information content (AvgIpc) is 2.90. The Morgan fingerprint density at radius 2 is 2.00 bits per heavy atom. The molecule has 3 aromatic rings. The van der Waals surface area contributed by atoms with Crippen LogP contribution in [0.25, 0.3) is 5.65 Å². The van der Waals surface area contributed by atoms with E-state index >= 15 is 0 Å². The van der Waals surface area contributed by atoms with Crippen LogP contribution in [0.3, 0.4) is 0 Å². The van der Waals surface area contributed by atoms with Gasteiger partial charge in [0.1, 0.15) is 11.6 Å². The summed E-state index contributed by atoms with van der Waals surface area (Å²) in [5, 5.41) is 8.98. The summed E-state index contributed by atoms with van der Waals surface area (Å²) in [6.45, 7) is 3.77. The number of aryl methyl sites for hydroxylation is 2. The van der Waals surface area contributed by atoms with Gasteiger partial charge in [-0.3, -0.25) is 4.40 Å². The molecule has 0 saturated carbocycles. The van der Waals surface area contributed by atoms with E-state index in [2.05, 4.69) is 16.0 Å². The van der Waals surface area contributed by atoms with Crippen LogP contribution in [0.4, 0.5) is 5.82 Å². The van der Waals surface area contributed by atoms with Crippen molar-refractivity contribution in [2.45, 2.75) is 13.8 Å². The number of hydrogen-bond acceptors (Lipinski definition) is 5. The molecule has 6 heteroatoms. The molecule has 6 nitrogen and oxygen atoms in total. The number of imidazole rings is 1. The monoisotopic (exact) mass is 279 g/mol. The van der Waals surface area contributed by atoms with Crippen LogP contribution >= 0.6 is 0 Å². The number of anilines is 1. The van der Waals surface area contributed by atoms with E-state index in [1.807, 2.05) is 13.8 Å². The summed E-state index contributed by atoms with van der Waals surface area (Å²) < 4.78 is 7.66. The Balaban J connectivity index is 2.11. The molecule has 2 N–H and O–H groups in total. The number of benzene rings is 1. The highest BCUT2D eigenvalue weighted by Gasteiger charge is 2.13. The topological polar surface area (TPSA) is 89.2 Å². The second kappa shape index (κ2) is 4.80. The van der Waals surface area contributed by atoms with Crippen LogP contribution in [-0.2, 0) is 0 Å². The highest BCUT2D eigenvalue weighted by molar-refractivity contribution is 5.56. The smallest absolute Gasteiger partial charge is 0.265 e. The summed E-state index contributed by atoms with van der Waals surface area (Å²) in [5.74, 6) is 1.35. The maximum atomic E-state index is 8.98. The van der Waals surface area contributed by atoms with Crippen molar-refractivity contribution >= 4 is 11.5 Å². The van der Waals surface area contributed by atoms with E-state index in [0.29, 0.717) is 28.7 Å². The molecule has 1 aromatic carbocycles. The summed E-state index contributed by atoms with van der Waals surface area (Å²) in [6.07, 6.45) is 5.11. The molecule has 0 fully saturated rings. The predicted molar refractivity (Wildman–Crippen MR) is 78.1 cm³/mol. The molecule has 0 spiro atoms. The van der Waals surface area contributed by atoms with Crippen LogP contribution in [0, 0.1) is 25.2 Å². The van der Waals surface area contributed by atoms with E-state index in [9.17, 15) is 0 Å². The summed E-state index contributed by atoms with van der Waals surface area (Å²) >= 11 is 0. The summed E-state index contributed by atoms with van der Waals surface area (Å²) in [4.78, 5) is 8.42. The number of hydrogen-bond donors (Lipinski definition) is 1. The normalized spacial score (nSPS) is 10.5. The molecule has 104 valence electrons. The van der Waals surface area contributed by atoms with Gasteiger partial charge < -0.3 is 10.5 Å². The summed E-state index contributed by atoms with van der Waals surface area (Å²) in [7, 11) is 0. The van der Waals surface area contributed by atoms with Crippen molar-refractivity contribution in [3.8, 4) is 17.7 Å². The van der Waals surface area contributed by atoms with Crippen LogP contribution in [0.1, 0.15) is 16.7 Å². The minimum absolute atomic E-state index is 0.343. The van der Waals surface area contributed by atoms with Crippen molar-refractivity contribution in [3.63, 3.8) is 0 Å². The molecular weight excluding hydrogens is 266 g/mol. The van der Waals surface area contributed by atoms with Gasteiger partial charge in [0.05, 0.1) is 17.8 Å². The lowest BCUT2D eigenvalue weighted by Crippen LogP contribution is -2.01. The van der Waals surface area contributed by atoms with Crippen LogP contribution in [0.15, 0.2) is 30.7 Å². The van der Waals surface area contributed by atoms with E-state index in [1.165, 1.54) is 0 Å². The van der Waals surface area contributed by atoms with Gasteiger partial charge in [0.15, 0.2) is 0 Å². The Hall–Kier alpha value is -3.07. The van der Waals surface area contributed by atoms with Gasteiger partial charge in [-0.2, -0.15) is 10.2 Å². The molecule has 0 saturated heterocycles. The summed E-state index contributed by atoms with van der Waals surface area (Å²) in [6, 6.07) is 5.68. The zero-order valence-corrected chi connectivity index (χ0v) is 11.7. The molecule has 2 heterocycles. The molecule has 0 atom stereocenters. The molecule has 3 rings (SSSR count). The molecule has 0 aliphatic rings. The van der Waals surface area contributed by atoms with Gasteiger partial charge in [-0.1, -0.05) is 0 Å². The molecule has 21 heavy (non-hydrogen) atoms. The van der Waals surface area contributed by atoms with Crippen molar-refractivity contribution in [1.82, 2.24) is 14.4 Å². The second-order valence-electron chi connectivity index (χ2n) is 4.78. The Labute approximate surface area is 121 Å². The van der Waals surface area contributed by atoms with Gasteiger partial charge >= 0.3 is 0 Å². The molecule has 2 aromatic heterocycles. The first-order valence-corrected chi connectivity index (χ1v) is 6.37. The van der Waals surface area contributed by atoms with Gasteiger partial charge in [-0.05, 0) is 37.1 Å². The van der Waals surface area contributed by atoms with Crippen molar-refractivity contribution < 1.29 is 4.74 Å². The molecule has 0 bridgehead atoms. The summed E-state index contributed by atoms with van der Waals surface area (Å²) in [5.41, 5.74) is 8.69. The molecule has 0 aliphatic heterocycles. The number of nitrogen functional groups attached to an aromatic ring is 1. The maximum Gasteiger partial charge on any atom is 0.265 e. The molecule has 0 amide bonds. The van der Waals surface area contributed by atoms with Gasteiger partial charge in [-0.15, -0.1) is 0 Å². The van der Waals surface area contributed by atoms with Gasteiger partial charge in [0.25, 0.3) is 5.88 Å². The van der Waals surface area contributed by atoms with Crippen LogP contribution in [-0.4, -0.2) is 14.4 Å². The van der Waals surface area contributed by atoms with Crippen LogP contribution in [0.5, 0.6) is 11.6 Å². The predicted octanol–water partition coefficient (Wildman–Crippen LogP) is 2.59. The van der Waals surface area contributed by atoms with Gasteiger partial charge in [0, 0.05) is 12.4 Å². The van der Waals surface area contributed by atoms with Crippen molar-refractivity contribution in [2.75, 3.05) is 5.73 Å². The lowest BCUT2D eigenvalue weighted by atomic mass is 10.1. The largest absolute Gasteiger partial charge is 0.435 e. The number of nitrogens with two attached hydrogens (primary N) is 1. The quantitative estimate of drug-likeness (QED) is 0.778. The van der Waals surface area contributed by atoms with Gasteiger partial charge in [0.2, 0.25) is 5.65 Å². The van der Waals surface area contributed by atoms with E-state index in [4.69, 9.17) is 15.7 Å². The van der Waals surface area contributed by atoms with Gasteiger partial charge in [-0.25, -0.2) is 4.98 Å². The lowest BCUT2D eigenvalue weighted by Gasteiger charge is -2.12. The third kappa shape index (κ3) is 2.25. The SMILES string of the molecule is Cc1cc(C#N)cc(C)c1Oc1nc(N)cn2ccnc12. The first kappa shape index (κ1) is 12.9. The lowest BCUT2D eigenvalue weighted by molar-refractivity contribution is 0.459. The third-order valence-electron chi connectivity index (χ3n) is 3.15. The van der Waals surface area contributed by atoms with E-state index in [-0.39, 0.29) is 0 Å². The fraction of sp³-hybridized carbons (Fsp3) is 0.133. The van der Waals surface area contributed by atoms with E-state index in [1.54, 1.807) is 35.1 Å². The number of aromatic nitrogens is 3. The number of nitriles is 1. The zero-order valence-electron chi connectivity index (χ0n) is 11.7. The van der Waals surface area contributed by atoms with E-state index in [0.717, 1.165) is 11.1 Å². The standard InChI is InChI=1S/C15H13N5O/c1-9-5-11(7-16)6-10(2)13(9)21-15-14-18-3-4-20(14)8-12(17)19-15/h3-6,8H,17H2,1-2H3. The first-order valence-electron chi connectivity index (χ1n) is 6.37. The minimum Gasteiger partial charge on any atom is -0.435 e. The Morgan fingerprint density at radius 1 is 1.29 bits per heavy atom. The number of ether oxygens (including phenoxy) is 1. The Kier molecular flexibility index (Phi) is 2.95. The maximum absolute atomic E-state index is 8.98. The highest BCUT2D eigenvalue weighted by Crippen LogP contribution is 2.30. The van der Waals surface area contributed by atoms with Crippen molar-refractivity contribution in [1.29, 1.82) is 5.26 Å². The van der Waals surface area contributed by atoms with Crippen molar-refractivity contribution in [2.24, 2.45) is 0 Å². The molecule has 0 aliphatic carbocycles. The first-order chi connectivity index (χ1) is 10.1. The fourth-order valence-corrected chi connectivity index (χ4v) is 2.26. The number of fused-ring (bicyclic) bond motifs is 1. The van der Waals surface area contributed by atoms with Crippen LogP contribution < -0.4 is 10.5 Å². The third-order valence-corrected chi connectivity index (χ3v) is 3.15. The zero-order chi connectivity index (χ0) is 15.0. The number of rotatable bonds is 2. The Bertz CT molecular complexity index is 852. The molecule has 0 unspecified atom stereocenters. The molecular formula is C15H13N5O. The van der Waals surface area contributed by atoms with Crippen LogP contribution in [0.2, 0.25) is 0 Å². The highest BCUT2D eigenvalue weighted by atomic mass is 16.5. The van der Waals surface area contributed by atoms with Crippen molar-refractivity contribution in [3.05, 3.63) is 47.4 Å². The Morgan fingerprint density at radius 3 is 2.67 bits per heavy atom.